The highest BCUT2D eigenvalue weighted by Gasteiger charge is 2.13. The zero-order valence-corrected chi connectivity index (χ0v) is 13.3. The van der Waals surface area contributed by atoms with E-state index in [0.717, 1.165) is 15.7 Å². The molecule has 0 aliphatic carbocycles. The summed E-state index contributed by atoms with van der Waals surface area (Å²) in [5.74, 6) is -0.109. The van der Waals surface area contributed by atoms with Crippen molar-refractivity contribution in [3.63, 3.8) is 0 Å². The molecule has 0 spiro atoms. The van der Waals surface area contributed by atoms with E-state index in [-0.39, 0.29) is 5.91 Å². The maximum absolute atomic E-state index is 12.5. The number of nitrogens with one attached hydrogen (secondary N) is 1. The number of pyridine rings is 1. The molecular weight excluding hydrogens is 342 g/mol. The van der Waals surface area contributed by atoms with E-state index in [2.05, 4.69) is 26.2 Å². The molecule has 0 saturated carbocycles. The van der Waals surface area contributed by atoms with Crippen molar-refractivity contribution in [3.8, 4) is 5.69 Å². The van der Waals surface area contributed by atoms with Crippen LogP contribution in [0.4, 0.5) is 0 Å². The first-order chi connectivity index (χ1) is 10.7. The van der Waals surface area contributed by atoms with Gasteiger partial charge in [0.2, 0.25) is 0 Å². The second-order valence-electron chi connectivity index (χ2n) is 4.79. The second-order valence-corrected chi connectivity index (χ2v) is 5.71. The third-order valence-electron chi connectivity index (χ3n) is 3.29. The Morgan fingerprint density at radius 3 is 2.59 bits per heavy atom. The normalized spacial score (nSPS) is 10.4. The van der Waals surface area contributed by atoms with Gasteiger partial charge >= 0.3 is 0 Å². The molecule has 3 aromatic rings. The van der Waals surface area contributed by atoms with Crippen molar-refractivity contribution < 1.29 is 4.79 Å². The topological polar surface area (TPSA) is 46.9 Å². The summed E-state index contributed by atoms with van der Waals surface area (Å²) >= 11 is 3.43. The van der Waals surface area contributed by atoms with Gasteiger partial charge in [0.25, 0.3) is 5.91 Å². The van der Waals surface area contributed by atoms with Crippen molar-refractivity contribution in [1.82, 2.24) is 14.9 Å². The lowest BCUT2D eigenvalue weighted by atomic mass is 10.1. The van der Waals surface area contributed by atoms with Gasteiger partial charge in [0, 0.05) is 35.8 Å². The van der Waals surface area contributed by atoms with E-state index in [0.29, 0.717) is 12.1 Å². The molecule has 2 heterocycles. The van der Waals surface area contributed by atoms with Crippen LogP contribution in [0.15, 0.2) is 71.7 Å². The van der Waals surface area contributed by atoms with E-state index in [1.54, 1.807) is 12.4 Å². The molecule has 0 radical (unpaired) electrons. The molecule has 2 aromatic heterocycles. The van der Waals surface area contributed by atoms with Crippen LogP contribution in [0.1, 0.15) is 15.9 Å². The minimum absolute atomic E-state index is 0.109. The van der Waals surface area contributed by atoms with E-state index < -0.39 is 0 Å². The lowest BCUT2D eigenvalue weighted by Crippen LogP contribution is -2.24. The molecule has 0 aliphatic rings. The number of halogens is 1. The first-order valence-electron chi connectivity index (χ1n) is 6.84. The molecule has 0 atom stereocenters. The zero-order chi connectivity index (χ0) is 15.4. The summed E-state index contributed by atoms with van der Waals surface area (Å²) in [5, 5.41) is 2.94. The lowest BCUT2D eigenvalue weighted by Gasteiger charge is -2.12. The third-order valence-corrected chi connectivity index (χ3v) is 3.78. The van der Waals surface area contributed by atoms with Gasteiger partial charge in [0.15, 0.2) is 0 Å². The number of amides is 1. The van der Waals surface area contributed by atoms with E-state index in [1.165, 1.54) is 0 Å². The zero-order valence-electron chi connectivity index (χ0n) is 11.7. The van der Waals surface area contributed by atoms with Crippen LogP contribution in [0.25, 0.3) is 5.69 Å². The highest BCUT2D eigenvalue weighted by atomic mass is 79.9. The standard InChI is InChI=1S/C17H14BrN3O/c18-14-3-4-16(21-9-1-2-10-21)15(11-14)17(22)20-12-13-5-7-19-8-6-13/h1-11H,12H2,(H,20,22). The predicted molar refractivity (Wildman–Crippen MR) is 88.9 cm³/mol. The van der Waals surface area contributed by atoms with Gasteiger partial charge in [-0.2, -0.15) is 0 Å². The Morgan fingerprint density at radius 1 is 1.14 bits per heavy atom. The Labute approximate surface area is 136 Å². The second kappa shape index (κ2) is 6.58. The summed E-state index contributed by atoms with van der Waals surface area (Å²) in [7, 11) is 0. The molecule has 4 nitrogen and oxygen atoms in total. The monoisotopic (exact) mass is 355 g/mol. The molecular formula is C17H14BrN3O. The van der Waals surface area contributed by atoms with Crippen LogP contribution in [0, 0.1) is 0 Å². The van der Waals surface area contributed by atoms with Crippen LogP contribution >= 0.6 is 15.9 Å². The first-order valence-corrected chi connectivity index (χ1v) is 7.63. The van der Waals surface area contributed by atoms with E-state index >= 15 is 0 Å². The molecule has 0 unspecified atom stereocenters. The largest absolute Gasteiger partial charge is 0.348 e. The summed E-state index contributed by atoms with van der Waals surface area (Å²) in [6, 6.07) is 13.3. The third kappa shape index (κ3) is 3.26. The Hall–Kier alpha value is -2.40. The van der Waals surface area contributed by atoms with Gasteiger partial charge in [-0.1, -0.05) is 15.9 Å². The van der Waals surface area contributed by atoms with Gasteiger partial charge in [-0.3, -0.25) is 9.78 Å². The molecule has 3 rings (SSSR count). The van der Waals surface area contributed by atoms with Gasteiger partial charge in [-0.25, -0.2) is 0 Å². The fourth-order valence-corrected chi connectivity index (χ4v) is 2.55. The molecule has 0 saturated heterocycles. The maximum atomic E-state index is 12.5. The minimum atomic E-state index is -0.109. The molecule has 5 heteroatoms. The Bertz CT molecular complexity index is 770. The minimum Gasteiger partial charge on any atom is -0.348 e. The van der Waals surface area contributed by atoms with Crippen LogP contribution < -0.4 is 5.32 Å². The predicted octanol–water partition coefficient (Wildman–Crippen LogP) is 3.56. The van der Waals surface area contributed by atoms with Gasteiger partial charge in [0.05, 0.1) is 11.3 Å². The van der Waals surface area contributed by atoms with E-state index in [4.69, 9.17) is 0 Å². The number of carbonyl (C=O) groups excluding carboxylic acids is 1. The fourth-order valence-electron chi connectivity index (χ4n) is 2.19. The van der Waals surface area contributed by atoms with Crippen molar-refractivity contribution >= 4 is 21.8 Å². The molecule has 22 heavy (non-hydrogen) atoms. The molecule has 1 N–H and O–H groups in total. The number of benzene rings is 1. The van der Waals surface area contributed by atoms with E-state index in [1.807, 2.05) is 59.4 Å². The number of nitrogens with zero attached hydrogens (tertiary/aromatic N) is 2. The number of carbonyl (C=O) groups is 1. The van der Waals surface area contributed by atoms with Crippen molar-refractivity contribution in [2.75, 3.05) is 0 Å². The number of hydrogen-bond donors (Lipinski definition) is 1. The maximum Gasteiger partial charge on any atom is 0.253 e. The number of aromatic nitrogens is 2. The van der Waals surface area contributed by atoms with Crippen LogP contribution in [-0.4, -0.2) is 15.5 Å². The van der Waals surface area contributed by atoms with Crippen LogP contribution in [0.5, 0.6) is 0 Å². The molecule has 0 aliphatic heterocycles. The Kier molecular flexibility index (Phi) is 4.34. The van der Waals surface area contributed by atoms with Crippen LogP contribution in [-0.2, 0) is 6.54 Å². The first kappa shape index (κ1) is 14.5. The summed E-state index contributed by atoms with van der Waals surface area (Å²) in [4.78, 5) is 16.5. The number of rotatable bonds is 4. The Morgan fingerprint density at radius 2 is 1.86 bits per heavy atom. The van der Waals surface area contributed by atoms with Gasteiger partial charge in [0.1, 0.15) is 0 Å². The molecule has 1 amide bonds. The summed E-state index contributed by atoms with van der Waals surface area (Å²) < 4.78 is 2.80. The van der Waals surface area contributed by atoms with Crippen molar-refractivity contribution in [2.45, 2.75) is 6.54 Å². The fraction of sp³-hybridized carbons (Fsp3) is 0.0588. The lowest BCUT2D eigenvalue weighted by molar-refractivity contribution is 0.0951. The van der Waals surface area contributed by atoms with Crippen LogP contribution in [0.3, 0.4) is 0 Å². The summed E-state index contributed by atoms with van der Waals surface area (Å²) in [6.45, 7) is 0.471. The average molecular weight is 356 g/mol. The smallest absolute Gasteiger partial charge is 0.253 e. The highest BCUT2D eigenvalue weighted by Crippen LogP contribution is 2.20. The van der Waals surface area contributed by atoms with Gasteiger partial charge < -0.3 is 9.88 Å². The van der Waals surface area contributed by atoms with Crippen LogP contribution in [0.2, 0.25) is 0 Å². The van der Waals surface area contributed by atoms with Gasteiger partial charge in [-0.05, 0) is 48.0 Å². The molecule has 0 fully saturated rings. The summed E-state index contributed by atoms with van der Waals surface area (Å²) in [6.07, 6.45) is 7.27. The molecule has 0 bridgehead atoms. The SMILES string of the molecule is O=C(NCc1ccncc1)c1cc(Br)ccc1-n1cccc1. The molecule has 1 aromatic carbocycles. The molecule has 110 valence electrons. The van der Waals surface area contributed by atoms with Crippen molar-refractivity contribution in [1.29, 1.82) is 0 Å². The van der Waals surface area contributed by atoms with Crippen molar-refractivity contribution in [2.24, 2.45) is 0 Å². The number of hydrogen-bond acceptors (Lipinski definition) is 2. The quantitative estimate of drug-likeness (QED) is 0.777. The summed E-state index contributed by atoms with van der Waals surface area (Å²) in [5.41, 5.74) is 2.49. The highest BCUT2D eigenvalue weighted by molar-refractivity contribution is 9.10. The average Bonchev–Trinajstić information content (AvgIpc) is 3.08. The Balaban J connectivity index is 1.84. The van der Waals surface area contributed by atoms with Gasteiger partial charge in [-0.15, -0.1) is 0 Å². The van der Waals surface area contributed by atoms with E-state index in [9.17, 15) is 4.79 Å². The van der Waals surface area contributed by atoms with Crippen molar-refractivity contribution in [3.05, 3.63) is 82.9 Å².